The maximum absolute atomic E-state index is 4.93. The molecule has 2 aromatic heterocycles. The molecule has 0 amide bonds. The van der Waals surface area contributed by atoms with E-state index in [4.69, 9.17) is 4.98 Å². The number of nitrogens with zero attached hydrogens (tertiary/aromatic N) is 2. The van der Waals surface area contributed by atoms with Gasteiger partial charge in [-0.05, 0) is 52.7 Å². The Kier molecular flexibility index (Phi) is 2.66. The van der Waals surface area contributed by atoms with Gasteiger partial charge >= 0.3 is 0 Å². The van der Waals surface area contributed by atoms with Crippen molar-refractivity contribution in [3.63, 3.8) is 0 Å². The smallest absolute Gasteiger partial charge is 0.140 e. The van der Waals surface area contributed by atoms with E-state index in [1.165, 1.54) is 23.4 Å². The second kappa shape index (κ2) is 3.85. The second-order valence-electron chi connectivity index (χ2n) is 7.34. The van der Waals surface area contributed by atoms with E-state index in [0.29, 0.717) is 5.41 Å². The maximum Gasteiger partial charge on any atom is 0.140 e. The number of aryl methyl sites for hydroxylation is 1. The molecular weight excluding hydrogens is 300 g/mol. The van der Waals surface area contributed by atoms with Gasteiger partial charge in [-0.2, -0.15) is 0 Å². The Hall–Kier alpha value is -0.830. The first-order chi connectivity index (χ1) is 8.70. The summed E-state index contributed by atoms with van der Waals surface area (Å²) in [6.45, 7) is 11.5. The van der Waals surface area contributed by atoms with Crippen molar-refractivity contribution in [1.82, 2.24) is 9.38 Å². The molecule has 0 unspecified atom stereocenters. The fourth-order valence-corrected chi connectivity index (χ4v) is 4.50. The number of fused-ring (bicyclic) bond motifs is 3. The number of imidazole rings is 1. The van der Waals surface area contributed by atoms with Crippen molar-refractivity contribution in [2.45, 2.75) is 52.9 Å². The first-order valence-electron chi connectivity index (χ1n) is 6.87. The zero-order valence-electron chi connectivity index (χ0n) is 12.3. The molecule has 0 aliphatic heterocycles. The van der Waals surface area contributed by atoms with Crippen molar-refractivity contribution in [2.24, 2.45) is 5.41 Å². The van der Waals surface area contributed by atoms with E-state index in [1.54, 1.807) is 0 Å². The largest absolute Gasteiger partial charge is 0.302 e. The number of rotatable bonds is 0. The molecule has 102 valence electrons. The van der Waals surface area contributed by atoms with Crippen LogP contribution in [-0.2, 0) is 11.8 Å². The van der Waals surface area contributed by atoms with Gasteiger partial charge in [0, 0.05) is 16.1 Å². The first kappa shape index (κ1) is 13.2. The summed E-state index contributed by atoms with van der Waals surface area (Å²) in [6.07, 6.45) is 4.44. The van der Waals surface area contributed by atoms with E-state index < -0.39 is 0 Å². The summed E-state index contributed by atoms with van der Waals surface area (Å²) >= 11 is 3.61. The Morgan fingerprint density at radius 1 is 1.26 bits per heavy atom. The molecule has 0 saturated heterocycles. The highest BCUT2D eigenvalue weighted by Crippen LogP contribution is 2.45. The Bertz CT molecular complexity index is 665. The first-order valence-corrected chi connectivity index (χ1v) is 7.66. The molecule has 0 N–H and O–H groups in total. The van der Waals surface area contributed by atoms with Crippen LogP contribution < -0.4 is 0 Å². The molecule has 3 heteroatoms. The van der Waals surface area contributed by atoms with Gasteiger partial charge in [0.25, 0.3) is 0 Å². The molecular formula is C16H21BrN2. The molecule has 19 heavy (non-hydrogen) atoms. The summed E-state index contributed by atoms with van der Waals surface area (Å²) in [5.41, 5.74) is 5.52. The standard InChI is InChI=1S/C16H21BrN2/c1-10-6-11(17)8-19-13-12(18-14(10)19)7-15(2,3)9-16(13,4)5/h6,8H,7,9H2,1-5H3. The summed E-state index contributed by atoms with van der Waals surface area (Å²) in [7, 11) is 0. The topological polar surface area (TPSA) is 17.3 Å². The van der Waals surface area contributed by atoms with Gasteiger partial charge in [-0.3, -0.25) is 0 Å². The van der Waals surface area contributed by atoms with Crippen LogP contribution in [-0.4, -0.2) is 9.38 Å². The summed E-state index contributed by atoms with van der Waals surface area (Å²) in [4.78, 5) is 4.93. The van der Waals surface area contributed by atoms with Gasteiger partial charge in [0.05, 0.1) is 11.4 Å². The van der Waals surface area contributed by atoms with Crippen LogP contribution in [0.5, 0.6) is 0 Å². The van der Waals surface area contributed by atoms with Crippen LogP contribution in [0, 0.1) is 12.3 Å². The molecule has 0 radical (unpaired) electrons. The zero-order chi connectivity index (χ0) is 14.0. The van der Waals surface area contributed by atoms with E-state index in [0.717, 1.165) is 16.5 Å². The molecule has 1 aliphatic rings. The number of hydrogen-bond acceptors (Lipinski definition) is 1. The average molecular weight is 321 g/mol. The molecule has 1 aliphatic carbocycles. The molecule has 2 aromatic rings. The van der Waals surface area contributed by atoms with Gasteiger partial charge in [0.1, 0.15) is 5.65 Å². The number of aromatic nitrogens is 2. The monoisotopic (exact) mass is 320 g/mol. The minimum absolute atomic E-state index is 0.170. The predicted octanol–water partition coefficient (Wildman–Crippen LogP) is 4.66. The van der Waals surface area contributed by atoms with E-state index in [1.807, 2.05) is 0 Å². The van der Waals surface area contributed by atoms with E-state index in [9.17, 15) is 0 Å². The molecule has 0 spiro atoms. The molecule has 0 bridgehead atoms. The normalized spacial score (nSPS) is 20.5. The van der Waals surface area contributed by atoms with Gasteiger partial charge in [-0.15, -0.1) is 0 Å². The Morgan fingerprint density at radius 3 is 2.63 bits per heavy atom. The van der Waals surface area contributed by atoms with Crippen molar-refractivity contribution < 1.29 is 0 Å². The van der Waals surface area contributed by atoms with Crippen LogP contribution in [0.3, 0.4) is 0 Å². The average Bonchev–Trinajstić information content (AvgIpc) is 2.53. The second-order valence-corrected chi connectivity index (χ2v) is 8.26. The molecule has 0 fully saturated rings. The fraction of sp³-hybridized carbons (Fsp3) is 0.562. The lowest BCUT2D eigenvalue weighted by Gasteiger charge is -2.40. The van der Waals surface area contributed by atoms with Crippen molar-refractivity contribution in [3.05, 3.63) is 33.7 Å². The number of hydrogen-bond donors (Lipinski definition) is 0. The molecule has 0 atom stereocenters. The highest BCUT2D eigenvalue weighted by molar-refractivity contribution is 9.10. The van der Waals surface area contributed by atoms with Crippen LogP contribution in [0.2, 0.25) is 0 Å². The summed E-state index contributed by atoms with van der Waals surface area (Å²) in [5.74, 6) is 0. The summed E-state index contributed by atoms with van der Waals surface area (Å²) < 4.78 is 3.42. The van der Waals surface area contributed by atoms with Crippen LogP contribution in [0.1, 0.15) is 51.1 Å². The SMILES string of the molecule is Cc1cc(Br)cn2c3c(nc12)CC(C)(C)CC3(C)C. The zero-order valence-corrected chi connectivity index (χ0v) is 13.9. The lowest BCUT2D eigenvalue weighted by molar-refractivity contribution is 0.224. The van der Waals surface area contributed by atoms with Crippen LogP contribution in [0.25, 0.3) is 5.65 Å². The van der Waals surface area contributed by atoms with Gasteiger partial charge in [-0.25, -0.2) is 4.98 Å². The highest BCUT2D eigenvalue weighted by atomic mass is 79.9. The van der Waals surface area contributed by atoms with Crippen LogP contribution >= 0.6 is 15.9 Å². The van der Waals surface area contributed by atoms with Gasteiger partial charge in [0.2, 0.25) is 0 Å². The third kappa shape index (κ3) is 2.03. The maximum atomic E-state index is 4.93. The number of halogens is 1. The summed E-state index contributed by atoms with van der Waals surface area (Å²) in [6, 6.07) is 2.14. The third-order valence-corrected chi connectivity index (χ3v) is 4.58. The lowest BCUT2D eigenvalue weighted by atomic mass is 9.66. The Labute approximate surface area is 123 Å². The third-order valence-electron chi connectivity index (χ3n) is 4.15. The molecule has 2 nitrogen and oxygen atoms in total. The van der Waals surface area contributed by atoms with Crippen molar-refractivity contribution in [3.8, 4) is 0 Å². The molecule has 0 aromatic carbocycles. The quantitative estimate of drug-likeness (QED) is 0.690. The van der Waals surface area contributed by atoms with Crippen molar-refractivity contribution in [2.75, 3.05) is 0 Å². The highest BCUT2D eigenvalue weighted by Gasteiger charge is 2.40. The van der Waals surface area contributed by atoms with Crippen LogP contribution in [0.15, 0.2) is 16.7 Å². The fourth-order valence-electron chi connectivity index (χ4n) is 3.95. The van der Waals surface area contributed by atoms with Crippen molar-refractivity contribution in [1.29, 1.82) is 0 Å². The number of pyridine rings is 1. The van der Waals surface area contributed by atoms with Gasteiger partial charge in [-0.1, -0.05) is 27.7 Å². The van der Waals surface area contributed by atoms with E-state index in [2.05, 4.69) is 67.2 Å². The van der Waals surface area contributed by atoms with Crippen LogP contribution in [0.4, 0.5) is 0 Å². The van der Waals surface area contributed by atoms with Gasteiger partial charge in [0.15, 0.2) is 0 Å². The predicted molar refractivity (Wildman–Crippen MR) is 82.8 cm³/mol. The molecule has 3 rings (SSSR count). The van der Waals surface area contributed by atoms with E-state index in [-0.39, 0.29) is 5.41 Å². The minimum Gasteiger partial charge on any atom is -0.302 e. The Morgan fingerprint density at radius 2 is 1.95 bits per heavy atom. The lowest BCUT2D eigenvalue weighted by Crippen LogP contribution is -2.35. The summed E-state index contributed by atoms with van der Waals surface area (Å²) in [5, 5.41) is 0. The Balaban J connectivity index is 2.36. The molecule has 0 saturated carbocycles. The van der Waals surface area contributed by atoms with Gasteiger partial charge < -0.3 is 4.40 Å². The minimum atomic E-state index is 0.170. The molecule has 2 heterocycles. The van der Waals surface area contributed by atoms with E-state index >= 15 is 0 Å². The van der Waals surface area contributed by atoms with Crippen molar-refractivity contribution >= 4 is 21.6 Å².